The van der Waals surface area contributed by atoms with Crippen molar-refractivity contribution in [2.24, 2.45) is 0 Å². The lowest BCUT2D eigenvalue weighted by Gasteiger charge is -2.09. The van der Waals surface area contributed by atoms with Crippen molar-refractivity contribution in [1.29, 1.82) is 0 Å². The third-order valence-electron chi connectivity index (χ3n) is 4.87. The number of benzene rings is 1. The molecule has 0 bridgehead atoms. The van der Waals surface area contributed by atoms with Gasteiger partial charge in [0.2, 0.25) is 5.95 Å². The van der Waals surface area contributed by atoms with Crippen molar-refractivity contribution in [2.45, 2.75) is 29.7 Å². The number of nitrogens with zero attached hydrogens (tertiary/aromatic N) is 4. The van der Waals surface area contributed by atoms with E-state index in [0.29, 0.717) is 34.2 Å². The second-order valence-electron chi connectivity index (χ2n) is 7.31. The van der Waals surface area contributed by atoms with Crippen LogP contribution in [0.3, 0.4) is 0 Å². The van der Waals surface area contributed by atoms with Gasteiger partial charge in [0.25, 0.3) is 5.91 Å². The molecule has 31 heavy (non-hydrogen) atoms. The molecule has 1 aromatic carbocycles. The fourth-order valence-electron chi connectivity index (χ4n) is 3.11. The highest BCUT2D eigenvalue weighted by atomic mass is 32.2. The van der Waals surface area contributed by atoms with E-state index >= 15 is 0 Å². The number of fused-ring (bicyclic) bond motifs is 1. The van der Waals surface area contributed by atoms with Gasteiger partial charge in [-0.05, 0) is 42.5 Å². The number of amides is 1. The predicted molar refractivity (Wildman–Crippen MR) is 122 cm³/mol. The van der Waals surface area contributed by atoms with Crippen LogP contribution in [-0.4, -0.2) is 31.9 Å². The summed E-state index contributed by atoms with van der Waals surface area (Å²) in [4.78, 5) is 30.5. The number of aromatic nitrogens is 4. The van der Waals surface area contributed by atoms with Crippen LogP contribution in [-0.2, 0) is 5.75 Å². The molecule has 5 rings (SSSR count). The van der Waals surface area contributed by atoms with Gasteiger partial charge >= 0.3 is 0 Å². The minimum absolute atomic E-state index is 0.239. The second kappa shape index (κ2) is 8.69. The van der Waals surface area contributed by atoms with Crippen LogP contribution in [0, 0.1) is 0 Å². The molecule has 1 aliphatic rings. The molecule has 0 atom stereocenters. The molecular formula is C23H20N6OS. The number of hydrogen-bond acceptors (Lipinski definition) is 7. The summed E-state index contributed by atoms with van der Waals surface area (Å²) in [6, 6.07) is 15.7. The smallest absolute Gasteiger partial charge is 0.259 e. The third kappa shape index (κ3) is 4.80. The third-order valence-corrected chi connectivity index (χ3v) is 5.91. The van der Waals surface area contributed by atoms with E-state index in [1.165, 1.54) is 24.6 Å². The minimum Gasteiger partial charge on any atom is -0.351 e. The standard InChI is InChI=1S/C23H20N6OS/c30-21(29-20-12-15-4-1-2-5-16(15)13-26-20)19-6-3-10-24-22(19)31-14-18-9-11-25-23(28-18)27-17-7-8-17/h1-6,9-13,17H,7-8,14H2,(H,25,27,28)(H,26,29,30). The highest BCUT2D eigenvalue weighted by Crippen LogP contribution is 2.26. The van der Waals surface area contributed by atoms with Gasteiger partial charge in [-0.2, -0.15) is 0 Å². The van der Waals surface area contributed by atoms with Crippen LogP contribution in [0.5, 0.6) is 0 Å². The fourth-order valence-corrected chi connectivity index (χ4v) is 4.01. The maximum absolute atomic E-state index is 12.9. The Morgan fingerprint density at radius 1 is 1.00 bits per heavy atom. The fraction of sp³-hybridized carbons (Fsp3) is 0.174. The topological polar surface area (TPSA) is 92.7 Å². The molecular weight excluding hydrogens is 408 g/mol. The normalized spacial score (nSPS) is 13.2. The van der Waals surface area contributed by atoms with Crippen LogP contribution in [0.25, 0.3) is 10.8 Å². The van der Waals surface area contributed by atoms with Crippen LogP contribution in [0.4, 0.5) is 11.8 Å². The van der Waals surface area contributed by atoms with E-state index in [0.717, 1.165) is 16.5 Å². The maximum atomic E-state index is 12.9. The van der Waals surface area contributed by atoms with Crippen molar-refractivity contribution in [3.63, 3.8) is 0 Å². The van der Waals surface area contributed by atoms with Crippen LogP contribution in [0.2, 0.25) is 0 Å². The van der Waals surface area contributed by atoms with Gasteiger partial charge in [0.1, 0.15) is 10.8 Å². The molecule has 0 unspecified atom stereocenters. The minimum atomic E-state index is -0.239. The molecule has 1 fully saturated rings. The zero-order valence-corrected chi connectivity index (χ0v) is 17.5. The molecule has 8 heteroatoms. The number of hydrogen-bond donors (Lipinski definition) is 2. The quantitative estimate of drug-likeness (QED) is 0.418. The Bertz CT molecular complexity index is 1240. The summed E-state index contributed by atoms with van der Waals surface area (Å²) < 4.78 is 0. The molecule has 1 amide bonds. The van der Waals surface area contributed by atoms with Gasteiger partial charge in [0.15, 0.2) is 0 Å². The molecule has 4 aromatic rings. The SMILES string of the molecule is O=C(Nc1cc2ccccc2cn1)c1cccnc1SCc1ccnc(NC2CC2)n1. The first kappa shape index (κ1) is 19.4. The summed E-state index contributed by atoms with van der Waals surface area (Å²) in [7, 11) is 0. The van der Waals surface area contributed by atoms with E-state index in [1.807, 2.05) is 36.4 Å². The number of thioether (sulfide) groups is 1. The number of pyridine rings is 2. The lowest BCUT2D eigenvalue weighted by Crippen LogP contribution is -2.14. The van der Waals surface area contributed by atoms with E-state index in [2.05, 4.69) is 30.6 Å². The highest BCUT2D eigenvalue weighted by molar-refractivity contribution is 7.98. The Labute approximate surface area is 183 Å². The number of rotatable bonds is 7. The van der Waals surface area contributed by atoms with Crippen LogP contribution < -0.4 is 10.6 Å². The van der Waals surface area contributed by atoms with E-state index in [-0.39, 0.29) is 5.91 Å². The Morgan fingerprint density at radius 3 is 2.74 bits per heavy atom. The predicted octanol–water partition coefficient (Wildman–Crippen LogP) is 4.54. The molecule has 0 radical (unpaired) electrons. The molecule has 0 aliphatic heterocycles. The molecule has 2 N–H and O–H groups in total. The number of anilines is 2. The Hall–Kier alpha value is -3.52. The van der Waals surface area contributed by atoms with Crippen molar-refractivity contribution in [3.05, 3.63) is 78.4 Å². The molecule has 3 aromatic heterocycles. The van der Waals surface area contributed by atoms with Crippen molar-refractivity contribution in [1.82, 2.24) is 19.9 Å². The zero-order chi connectivity index (χ0) is 21.0. The molecule has 154 valence electrons. The van der Waals surface area contributed by atoms with Gasteiger partial charge in [-0.25, -0.2) is 19.9 Å². The van der Waals surface area contributed by atoms with E-state index in [1.54, 1.807) is 30.7 Å². The van der Waals surface area contributed by atoms with Gasteiger partial charge in [0.05, 0.1) is 11.3 Å². The zero-order valence-electron chi connectivity index (χ0n) is 16.7. The number of carbonyl (C=O) groups excluding carboxylic acids is 1. The maximum Gasteiger partial charge on any atom is 0.259 e. The number of carbonyl (C=O) groups is 1. The summed E-state index contributed by atoms with van der Waals surface area (Å²) in [5, 5.41) is 8.89. The van der Waals surface area contributed by atoms with Gasteiger partial charge < -0.3 is 10.6 Å². The first-order valence-electron chi connectivity index (χ1n) is 10.1. The van der Waals surface area contributed by atoms with Crippen LogP contribution >= 0.6 is 11.8 Å². The Kier molecular flexibility index (Phi) is 5.45. The summed E-state index contributed by atoms with van der Waals surface area (Å²) in [6.07, 6.45) is 7.53. The highest BCUT2D eigenvalue weighted by Gasteiger charge is 2.22. The summed E-state index contributed by atoms with van der Waals surface area (Å²) in [5.41, 5.74) is 1.39. The Morgan fingerprint density at radius 2 is 1.87 bits per heavy atom. The lowest BCUT2D eigenvalue weighted by atomic mass is 10.2. The van der Waals surface area contributed by atoms with Crippen LogP contribution in [0.1, 0.15) is 28.9 Å². The van der Waals surface area contributed by atoms with E-state index in [9.17, 15) is 4.79 Å². The van der Waals surface area contributed by atoms with Crippen molar-refractivity contribution in [3.8, 4) is 0 Å². The molecule has 7 nitrogen and oxygen atoms in total. The van der Waals surface area contributed by atoms with Gasteiger partial charge in [0, 0.05) is 35.8 Å². The largest absolute Gasteiger partial charge is 0.351 e. The molecule has 0 spiro atoms. The Balaban J connectivity index is 1.29. The van der Waals surface area contributed by atoms with Gasteiger partial charge in [-0.1, -0.05) is 36.0 Å². The monoisotopic (exact) mass is 428 g/mol. The summed E-state index contributed by atoms with van der Waals surface area (Å²) in [5.74, 6) is 1.52. The summed E-state index contributed by atoms with van der Waals surface area (Å²) in [6.45, 7) is 0. The molecule has 1 aliphatic carbocycles. The van der Waals surface area contributed by atoms with E-state index < -0.39 is 0 Å². The first-order chi connectivity index (χ1) is 15.2. The molecule has 1 saturated carbocycles. The van der Waals surface area contributed by atoms with Crippen LogP contribution in [0.15, 0.2) is 72.1 Å². The average Bonchev–Trinajstić information content (AvgIpc) is 3.62. The van der Waals surface area contributed by atoms with Crippen molar-refractivity contribution >= 4 is 40.2 Å². The van der Waals surface area contributed by atoms with Gasteiger partial charge in [-0.15, -0.1) is 0 Å². The van der Waals surface area contributed by atoms with Crippen molar-refractivity contribution < 1.29 is 4.79 Å². The lowest BCUT2D eigenvalue weighted by molar-refractivity contribution is 0.102. The van der Waals surface area contributed by atoms with Crippen molar-refractivity contribution in [2.75, 3.05) is 10.6 Å². The summed E-state index contributed by atoms with van der Waals surface area (Å²) >= 11 is 1.47. The first-order valence-corrected chi connectivity index (χ1v) is 11.1. The number of nitrogens with one attached hydrogen (secondary N) is 2. The molecule has 0 saturated heterocycles. The van der Waals surface area contributed by atoms with Gasteiger partial charge in [-0.3, -0.25) is 4.79 Å². The molecule has 3 heterocycles. The average molecular weight is 429 g/mol. The van der Waals surface area contributed by atoms with E-state index in [4.69, 9.17) is 0 Å². The second-order valence-corrected chi connectivity index (χ2v) is 8.27.